The minimum absolute atomic E-state index is 0.259. The Kier molecular flexibility index (Phi) is 10.5. The van der Waals surface area contributed by atoms with Crippen molar-refractivity contribution in [1.82, 2.24) is 0 Å². The van der Waals surface area contributed by atoms with Crippen LogP contribution in [0.25, 0.3) is 0 Å². The van der Waals surface area contributed by atoms with Crippen molar-refractivity contribution in [2.75, 3.05) is 21.3 Å². The Labute approximate surface area is 164 Å². The molecule has 0 spiro atoms. The summed E-state index contributed by atoms with van der Waals surface area (Å²) in [4.78, 5) is 24.1. The molecule has 0 aromatic rings. The lowest BCUT2D eigenvalue weighted by atomic mass is 9.71. The molecular formula is C21H38O6. The van der Waals surface area contributed by atoms with Crippen molar-refractivity contribution in [1.29, 1.82) is 0 Å². The van der Waals surface area contributed by atoms with Crippen LogP contribution in [0.4, 0.5) is 0 Å². The van der Waals surface area contributed by atoms with E-state index in [1.807, 2.05) is 13.8 Å². The Bertz CT molecular complexity index is 445. The van der Waals surface area contributed by atoms with Gasteiger partial charge in [-0.05, 0) is 25.7 Å². The molecule has 0 aromatic carbocycles. The van der Waals surface area contributed by atoms with Gasteiger partial charge in [-0.15, -0.1) is 0 Å². The number of hydrogen-bond acceptors (Lipinski definition) is 6. The molecule has 1 heterocycles. The van der Waals surface area contributed by atoms with E-state index in [1.165, 1.54) is 6.42 Å². The summed E-state index contributed by atoms with van der Waals surface area (Å²) in [5, 5.41) is 0. The average Bonchev–Trinajstić information content (AvgIpc) is 2.93. The predicted octanol–water partition coefficient (Wildman–Crippen LogP) is 4.60. The van der Waals surface area contributed by atoms with E-state index in [1.54, 1.807) is 21.3 Å². The summed E-state index contributed by atoms with van der Waals surface area (Å²) < 4.78 is 20.8. The lowest BCUT2D eigenvalue weighted by Gasteiger charge is -2.28. The van der Waals surface area contributed by atoms with Crippen molar-refractivity contribution in [2.24, 2.45) is 11.3 Å². The number of esters is 2. The Hall–Kier alpha value is -0.980. The number of methoxy groups -OCH3 is 3. The summed E-state index contributed by atoms with van der Waals surface area (Å²) in [5.41, 5.74) is -0.590. The van der Waals surface area contributed by atoms with Crippen molar-refractivity contribution >= 4 is 11.9 Å². The van der Waals surface area contributed by atoms with Gasteiger partial charge in [0.25, 0.3) is 5.97 Å². The molecule has 0 N–H and O–H groups in total. The van der Waals surface area contributed by atoms with Gasteiger partial charge in [0, 0.05) is 27.8 Å². The molecule has 1 unspecified atom stereocenters. The van der Waals surface area contributed by atoms with Crippen LogP contribution in [-0.2, 0) is 28.5 Å². The normalized spacial score (nSPS) is 19.5. The van der Waals surface area contributed by atoms with Crippen LogP contribution < -0.4 is 0 Å². The van der Waals surface area contributed by atoms with Gasteiger partial charge < -0.3 is 18.9 Å². The zero-order chi connectivity index (χ0) is 20.3. The number of unbranched alkanes of at least 4 members (excludes halogenated alkanes) is 6. The van der Waals surface area contributed by atoms with Crippen LogP contribution in [0.1, 0.15) is 84.5 Å². The van der Waals surface area contributed by atoms with Gasteiger partial charge in [-0.25, -0.2) is 0 Å². The highest BCUT2D eigenvalue weighted by Crippen LogP contribution is 2.45. The van der Waals surface area contributed by atoms with Crippen LogP contribution in [-0.4, -0.2) is 39.2 Å². The Morgan fingerprint density at radius 1 is 0.852 bits per heavy atom. The standard InChI is InChI=1S/C21H38O6/c1-6-20(7-2)17(18(22)27-19(20)23)15-13-11-9-8-10-12-14-16-21(24-3,25-4)26-5/h17H,6-16H2,1-5H3. The highest BCUT2D eigenvalue weighted by Gasteiger charge is 2.54. The molecule has 158 valence electrons. The van der Waals surface area contributed by atoms with Gasteiger partial charge in [-0.1, -0.05) is 52.4 Å². The van der Waals surface area contributed by atoms with Crippen LogP contribution >= 0.6 is 0 Å². The molecule has 0 aromatic heterocycles. The zero-order valence-corrected chi connectivity index (χ0v) is 17.8. The van der Waals surface area contributed by atoms with Gasteiger partial charge in [0.2, 0.25) is 0 Å². The molecule has 0 bridgehead atoms. The fourth-order valence-electron chi connectivity index (χ4n) is 4.19. The second-order valence-electron chi connectivity index (χ2n) is 7.43. The van der Waals surface area contributed by atoms with E-state index in [0.29, 0.717) is 19.3 Å². The van der Waals surface area contributed by atoms with Crippen molar-refractivity contribution in [3.8, 4) is 0 Å². The fourth-order valence-corrected chi connectivity index (χ4v) is 4.19. The summed E-state index contributed by atoms with van der Waals surface area (Å²) in [5.74, 6) is -1.81. The molecule has 0 saturated carbocycles. The zero-order valence-electron chi connectivity index (χ0n) is 17.8. The molecule has 0 aliphatic carbocycles. The van der Waals surface area contributed by atoms with E-state index < -0.39 is 11.4 Å². The van der Waals surface area contributed by atoms with Gasteiger partial charge in [0.15, 0.2) is 0 Å². The van der Waals surface area contributed by atoms with E-state index >= 15 is 0 Å². The number of cyclic esters (lactones) is 2. The molecule has 6 nitrogen and oxygen atoms in total. The highest BCUT2D eigenvalue weighted by molar-refractivity contribution is 5.99. The van der Waals surface area contributed by atoms with E-state index in [9.17, 15) is 9.59 Å². The molecule has 0 radical (unpaired) electrons. The third-order valence-corrected chi connectivity index (χ3v) is 6.22. The largest absolute Gasteiger partial charge is 0.392 e. The van der Waals surface area contributed by atoms with Crippen LogP contribution in [0.3, 0.4) is 0 Å². The molecule has 27 heavy (non-hydrogen) atoms. The summed E-state index contributed by atoms with van der Waals surface area (Å²) in [6.07, 6.45) is 10.4. The molecular weight excluding hydrogens is 348 g/mol. The van der Waals surface area contributed by atoms with Crippen LogP contribution in [0.5, 0.6) is 0 Å². The van der Waals surface area contributed by atoms with Crippen LogP contribution in [0.2, 0.25) is 0 Å². The van der Waals surface area contributed by atoms with Crippen molar-refractivity contribution in [2.45, 2.75) is 90.4 Å². The van der Waals surface area contributed by atoms with E-state index in [-0.39, 0.29) is 17.9 Å². The van der Waals surface area contributed by atoms with Crippen LogP contribution in [0, 0.1) is 11.3 Å². The first-order chi connectivity index (χ1) is 12.9. The Morgan fingerprint density at radius 3 is 1.81 bits per heavy atom. The molecule has 0 amide bonds. The second-order valence-corrected chi connectivity index (χ2v) is 7.43. The second kappa shape index (κ2) is 11.8. The number of carbonyl (C=O) groups is 2. The minimum Gasteiger partial charge on any atom is -0.392 e. The molecule has 6 heteroatoms. The first-order valence-electron chi connectivity index (χ1n) is 10.4. The van der Waals surface area contributed by atoms with Crippen molar-refractivity contribution < 1.29 is 28.5 Å². The quantitative estimate of drug-likeness (QED) is 0.177. The van der Waals surface area contributed by atoms with E-state index in [4.69, 9.17) is 18.9 Å². The lowest BCUT2D eigenvalue weighted by molar-refractivity contribution is -0.355. The number of carbonyl (C=O) groups excluding carboxylic acids is 2. The monoisotopic (exact) mass is 386 g/mol. The summed E-state index contributed by atoms with van der Waals surface area (Å²) in [6.45, 7) is 3.95. The fraction of sp³-hybridized carbons (Fsp3) is 0.905. The number of ether oxygens (including phenoxy) is 4. The Balaban J connectivity index is 2.19. The molecule has 1 fully saturated rings. The topological polar surface area (TPSA) is 71.1 Å². The third-order valence-electron chi connectivity index (χ3n) is 6.22. The van der Waals surface area contributed by atoms with Gasteiger partial charge in [0.1, 0.15) is 0 Å². The van der Waals surface area contributed by atoms with E-state index in [0.717, 1.165) is 44.9 Å². The third kappa shape index (κ3) is 6.00. The lowest BCUT2D eigenvalue weighted by Crippen LogP contribution is -2.35. The maximum atomic E-state index is 12.1. The maximum absolute atomic E-state index is 12.1. The average molecular weight is 387 g/mol. The molecule has 1 rings (SSSR count). The number of hydrogen-bond donors (Lipinski definition) is 0. The highest BCUT2D eigenvalue weighted by atomic mass is 16.9. The summed E-state index contributed by atoms with van der Waals surface area (Å²) in [7, 11) is 4.77. The SMILES string of the molecule is CCC1(CC)C(=O)OC(=O)C1CCCCCCCCCC(OC)(OC)OC. The number of rotatable bonds is 15. The van der Waals surface area contributed by atoms with Gasteiger partial charge in [0.05, 0.1) is 11.3 Å². The molecule has 1 aliphatic rings. The summed E-state index contributed by atoms with van der Waals surface area (Å²) >= 11 is 0. The molecule has 1 atom stereocenters. The molecule has 1 aliphatic heterocycles. The smallest absolute Gasteiger partial charge is 0.320 e. The molecule has 1 saturated heterocycles. The maximum Gasteiger partial charge on any atom is 0.320 e. The Morgan fingerprint density at radius 2 is 1.33 bits per heavy atom. The predicted molar refractivity (Wildman–Crippen MR) is 103 cm³/mol. The van der Waals surface area contributed by atoms with Crippen molar-refractivity contribution in [3.05, 3.63) is 0 Å². The van der Waals surface area contributed by atoms with Crippen LogP contribution in [0.15, 0.2) is 0 Å². The van der Waals surface area contributed by atoms with Gasteiger partial charge in [-0.3, -0.25) is 9.59 Å². The van der Waals surface area contributed by atoms with Gasteiger partial charge in [-0.2, -0.15) is 0 Å². The first-order valence-corrected chi connectivity index (χ1v) is 10.4. The first kappa shape index (κ1) is 24.1. The summed E-state index contributed by atoms with van der Waals surface area (Å²) in [6, 6.07) is 0. The minimum atomic E-state index is -0.918. The van der Waals surface area contributed by atoms with Crippen molar-refractivity contribution in [3.63, 3.8) is 0 Å². The van der Waals surface area contributed by atoms with Gasteiger partial charge >= 0.3 is 11.9 Å². The van der Waals surface area contributed by atoms with E-state index in [2.05, 4.69) is 0 Å².